The second kappa shape index (κ2) is 7.20. The van der Waals surface area contributed by atoms with Crippen molar-refractivity contribution in [3.63, 3.8) is 0 Å². The molecule has 0 saturated carbocycles. The van der Waals surface area contributed by atoms with E-state index >= 15 is 0 Å². The molecule has 0 aromatic carbocycles. The fourth-order valence-corrected chi connectivity index (χ4v) is 1.91. The molecule has 0 radical (unpaired) electrons. The molecule has 3 nitrogen and oxygen atoms in total. The largest absolute Gasteiger partial charge is 0.394 e. The molecule has 0 aliphatic rings. The molecule has 15 heavy (non-hydrogen) atoms. The normalized spacial score (nSPS) is 17.8. The lowest BCUT2D eigenvalue weighted by Crippen LogP contribution is -2.53. The van der Waals surface area contributed by atoms with Crippen LogP contribution in [-0.2, 0) is 0 Å². The van der Waals surface area contributed by atoms with Crippen molar-refractivity contribution in [1.82, 2.24) is 10.2 Å². The average Bonchev–Trinajstić information content (AvgIpc) is 2.17. The van der Waals surface area contributed by atoms with Crippen LogP contribution < -0.4 is 5.32 Å². The van der Waals surface area contributed by atoms with E-state index in [1.54, 1.807) is 0 Å². The third-order valence-electron chi connectivity index (χ3n) is 2.89. The molecule has 0 rings (SSSR count). The van der Waals surface area contributed by atoms with Gasteiger partial charge in [0.25, 0.3) is 0 Å². The zero-order valence-corrected chi connectivity index (χ0v) is 11.0. The monoisotopic (exact) mass is 216 g/mol. The summed E-state index contributed by atoms with van der Waals surface area (Å²) in [6.45, 7) is 11.7. The third kappa shape index (κ3) is 6.13. The summed E-state index contributed by atoms with van der Waals surface area (Å²) in [5.74, 6) is 0.722. The topological polar surface area (TPSA) is 35.5 Å². The first-order chi connectivity index (χ1) is 6.97. The lowest BCUT2D eigenvalue weighted by Gasteiger charge is -2.34. The summed E-state index contributed by atoms with van der Waals surface area (Å²) in [5, 5.41) is 12.7. The van der Waals surface area contributed by atoms with E-state index in [1.807, 2.05) is 0 Å². The molecule has 0 aliphatic carbocycles. The molecule has 0 saturated heterocycles. The minimum atomic E-state index is -0.170. The Morgan fingerprint density at radius 1 is 1.40 bits per heavy atom. The van der Waals surface area contributed by atoms with E-state index in [-0.39, 0.29) is 12.1 Å². The lowest BCUT2D eigenvalue weighted by atomic mass is 10.0. The molecule has 0 spiro atoms. The fourth-order valence-electron chi connectivity index (χ4n) is 1.91. The molecule has 2 unspecified atom stereocenters. The predicted octanol–water partition coefficient (Wildman–Crippen LogP) is 1.32. The quantitative estimate of drug-likeness (QED) is 0.642. The Balaban J connectivity index is 4.05. The van der Waals surface area contributed by atoms with E-state index in [9.17, 15) is 5.11 Å². The molecule has 0 aromatic rings. The average molecular weight is 216 g/mol. The summed E-state index contributed by atoms with van der Waals surface area (Å²) in [5.41, 5.74) is -0.170. The summed E-state index contributed by atoms with van der Waals surface area (Å²) in [4.78, 5) is 2.30. The van der Waals surface area contributed by atoms with Gasteiger partial charge in [-0.05, 0) is 26.4 Å². The molecular weight excluding hydrogens is 188 g/mol. The van der Waals surface area contributed by atoms with Gasteiger partial charge in [0.05, 0.1) is 12.1 Å². The maximum Gasteiger partial charge on any atom is 0.0623 e. The van der Waals surface area contributed by atoms with Gasteiger partial charge in [-0.1, -0.05) is 27.2 Å². The Morgan fingerprint density at radius 2 is 2.00 bits per heavy atom. The van der Waals surface area contributed by atoms with Crippen LogP contribution in [0.25, 0.3) is 0 Å². The number of nitrogens with one attached hydrogen (secondary N) is 1. The molecule has 2 atom stereocenters. The number of rotatable bonds is 8. The first-order valence-electron chi connectivity index (χ1n) is 6.01. The van der Waals surface area contributed by atoms with E-state index in [4.69, 9.17) is 0 Å². The highest BCUT2D eigenvalue weighted by molar-refractivity contribution is 4.85. The van der Waals surface area contributed by atoms with E-state index in [1.165, 1.54) is 6.42 Å². The smallest absolute Gasteiger partial charge is 0.0623 e. The highest BCUT2D eigenvalue weighted by atomic mass is 16.3. The Labute approximate surface area is 94.9 Å². The number of aliphatic hydroxyl groups excluding tert-OH is 1. The molecule has 92 valence electrons. The molecule has 0 fully saturated rings. The zero-order valence-electron chi connectivity index (χ0n) is 11.0. The van der Waals surface area contributed by atoms with Crippen molar-refractivity contribution in [2.45, 2.75) is 39.7 Å². The molecule has 0 aromatic heterocycles. The molecule has 0 aliphatic heterocycles. The minimum absolute atomic E-state index is 0.170. The summed E-state index contributed by atoms with van der Waals surface area (Å²) in [6, 6.07) is 0. The molecular formula is C12H28N2O. The first kappa shape index (κ1) is 14.9. The third-order valence-corrected chi connectivity index (χ3v) is 2.89. The number of nitrogens with zero attached hydrogens (tertiary/aromatic N) is 1. The Bertz CT molecular complexity index is 164. The lowest BCUT2D eigenvalue weighted by molar-refractivity contribution is 0.127. The number of hydrogen-bond donors (Lipinski definition) is 2. The Hall–Kier alpha value is -0.120. The van der Waals surface area contributed by atoms with Crippen molar-refractivity contribution >= 4 is 0 Å². The summed E-state index contributed by atoms with van der Waals surface area (Å²) >= 11 is 0. The van der Waals surface area contributed by atoms with Crippen LogP contribution in [0.2, 0.25) is 0 Å². The van der Waals surface area contributed by atoms with Crippen molar-refractivity contribution in [2.24, 2.45) is 5.92 Å². The van der Waals surface area contributed by atoms with Crippen molar-refractivity contribution in [1.29, 1.82) is 0 Å². The number of hydrogen-bond acceptors (Lipinski definition) is 3. The molecule has 0 amide bonds. The molecule has 2 N–H and O–H groups in total. The molecule has 3 heteroatoms. The second-order valence-corrected chi connectivity index (χ2v) is 4.96. The number of aliphatic hydroxyl groups is 1. The van der Waals surface area contributed by atoms with Crippen LogP contribution in [0.3, 0.4) is 0 Å². The number of likely N-dealkylation sites (N-methyl/N-ethyl adjacent to an activating group) is 2. The first-order valence-corrected chi connectivity index (χ1v) is 6.01. The van der Waals surface area contributed by atoms with E-state index in [0.717, 1.165) is 25.6 Å². The van der Waals surface area contributed by atoms with Gasteiger partial charge in [0.1, 0.15) is 0 Å². The van der Waals surface area contributed by atoms with Crippen LogP contribution in [0.1, 0.15) is 34.1 Å². The van der Waals surface area contributed by atoms with E-state index < -0.39 is 0 Å². The molecule has 0 bridgehead atoms. The van der Waals surface area contributed by atoms with Crippen molar-refractivity contribution in [2.75, 3.05) is 33.3 Å². The Kier molecular flexibility index (Phi) is 7.14. The highest BCUT2D eigenvalue weighted by Crippen LogP contribution is 2.08. The van der Waals surface area contributed by atoms with Gasteiger partial charge >= 0.3 is 0 Å². The van der Waals surface area contributed by atoms with Gasteiger partial charge < -0.3 is 15.3 Å². The molecule has 0 heterocycles. The zero-order chi connectivity index (χ0) is 11.9. The van der Waals surface area contributed by atoms with Gasteiger partial charge in [0, 0.05) is 13.1 Å². The van der Waals surface area contributed by atoms with E-state index in [0.29, 0.717) is 0 Å². The van der Waals surface area contributed by atoms with Crippen LogP contribution in [-0.4, -0.2) is 48.8 Å². The highest BCUT2D eigenvalue weighted by Gasteiger charge is 2.23. The maximum absolute atomic E-state index is 9.37. The summed E-state index contributed by atoms with van der Waals surface area (Å²) in [6.07, 6.45) is 1.21. The van der Waals surface area contributed by atoms with Crippen LogP contribution in [0, 0.1) is 5.92 Å². The van der Waals surface area contributed by atoms with Gasteiger partial charge in [-0.25, -0.2) is 0 Å². The van der Waals surface area contributed by atoms with Crippen LogP contribution in [0.5, 0.6) is 0 Å². The maximum atomic E-state index is 9.37. The van der Waals surface area contributed by atoms with Gasteiger partial charge in [-0.2, -0.15) is 0 Å². The van der Waals surface area contributed by atoms with Crippen LogP contribution in [0.4, 0.5) is 0 Å². The SMILES string of the molecule is CCNC(C)(CO)CN(C)CC(C)CC. The Morgan fingerprint density at radius 3 is 2.40 bits per heavy atom. The van der Waals surface area contributed by atoms with Gasteiger partial charge in [0.2, 0.25) is 0 Å². The standard InChI is InChI=1S/C12H28N2O/c1-6-11(3)8-14(5)9-12(4,10-15)13-7-2/h11,13,15H,6-10H2,1-5H3. The van der Waals surface area contributed by atoms with Gasteiger partial charge in [-0.3, -0.25) is 0 Å². The van der Waals surface area contributed by atoms with Crippen molar-refractivity contribution in [3.8, 4) is 0 Å². The summed E-state index contributed by atoms with van der Waals surface area (Å²) < 4.78 is 0. The van der Waals surface area contributed by atoms with Crippen molar-refractivity contribution in [3.05, 3.63) is 0 Å². The van der Waals surface area contributed by atoms with E-state index in [2.05, 4.69) is 45.0 Å². The van der Waals surface area contributed by atoms with Gasteiger partial charge in [-0.15, -0.1) is 0 Å². The van der Waals surface area contributed by atoms with Crippen molar-refractivity contribution < 1.29 is 5.11 Å². The van der Waals surface area contributed by atoms with Crippen LogP contribution in [0.15, 0.2) is 0 Å². The fraction of sp³-hybridized carbons (Fsp3) is 1.00. The van der Waals surface area contributed by atoms with Crippen LogP contribution >= 0.6 is 0 Å². The minimum Gasteiger partial charge on any atom is -0.394 e. The predicted molar refractivity (Wildman–Crippen MR) is 66.1 cm³/mol. The van der Waals surface area contributed by atoms with Gasteiger partial charge in [0.15, 0.2) is 0 Å². The summed E-state index contributed by atoms with van der Waals surface area (Å²) in [7, 11) is 2.12. The second-order valence-electron chi connectivity index (χ2n) is 4.96.